The van der Waals surface area contributed by atoms with Crippen LogP contribution in [0.4, 0.5) is 20.6 Å². The van der Waals surface area contributed by atoms with Gasteiger partial charge < -0.3 is 15.1 Å². The summed E-state index contributed by atoms with van der Waals surface area (Å²) in [5, 5.41) is 3.03. The van der Waals surface area contributed by atoms with Gasteiger partial charge in [0.15, 0.2) is 0 Å². The highest BCUT2D eigenvalue weighted by molar-refractivity contribution is 5.91. The van der Waals surface area contributed by atoms with Gasteiger partial charge in [0.2, 0.25) is 0 Å². The van der Waals surface area contributed by atoms with E-state index in [4.69, 9.17) is 0 Å². The molecule has 0 radical (unpaired) electrons. The van der Waals surface area contributed by atoms with Crippen LogP contribution >= 0.6 is 0 Å². The highest BCUT2D eigenvalue weighted by Gasteiger charge is 2.22. The van der Waals surface area contributed by atoms with Gasteiger partial charge in [0.05, 0.1) is 0 Å². The Morgan fingerprint density at radius 2 is 1.54 bits per heavy atom. The van der Waals surface area contributed by atoms with Gasteiger partial charge in [0.1, 0.15) is 5.82 Å². The molecule has 5 heteroatoms. The predicted octanol–water partition coefficient (Wildman–Crippen LogP) is 3.80. The van der Waals surface area contributed by atoms with Crippen molar-refractivity contribution in [2.24, 2.45) is 0 Å². The van der Waals surface area contributed by atoms with Crippen molar-refractivity contribution < 1.29 is 9.18 Å². The molecular weight excluding hydrogens is 305 g/mol. The van der Waals surface area contributed by atoms with Crippen LogP contribution < -0.4 is 10.2 Å². The summed E-state index contributed by atoms with van der Waals surface area (Å²) >= 11 is 0. The third-order valence-electron chi connectivity index (χ3n) is 4.47. The molecule has 4 nitrogen and oxygen atoms in total. The van der Waals surface area contributed by atoms with Gasteiger partial charge in [-0.1, -0.05) is 18.2 Å². The lowest BCUT2D eigenvalue weighted by atomic mass is 10.1. The highest BCUT2D eigenvalue weighted by atomic mass is 19.1. The number of urea groups is 1. The molecule has 1 aliphatic rings. The molecule has 0 saturated carbocycles. The van der Waals surface area contributed by atoms with Crippen molar-refractivity contribution >= 4 is 17.4 Å². The van der Waals surface area contributed by atoms with E-state index in [0.717, 1.165) is 35.6 Å². The Morgan fingerprint density at radius 3 is 2.12 bits per heavy atom. The SMILES string of the molecule is Cc1cccc(C)c1NC(=O)N1CCN(c2ccc(F)cc2)CC1. The number of hydrogen-bond donors (Lipinski definition) is 1. The van der Waals surface area contributed by atoms with E-state index in [0.29, 0.717) is 13.1 Å². The lowest BCUT2D eigenvalue weighted by molar-refractivity contribution is 0.208. The number of halogens is 1. The van der Waals surface area contributed by atoms with E-state index in [1.54, 1.807) is 12.1 Å². The van der Waals surface area contributed by atoms with Crippen LogP contribution in [0.15, 0.2) is 42.5 Å². The summed E-state index contributed by atoms with van der Waals surface area (Å²) in [5.41, 5.74) is 4.01. The number of piperazine rings is 1. The molecular formula is C19H22FN3O. The van der Waals surface area contributed by atoms with E-state index in [-0.39, 0.29) is 11.8 Å². The molecule has 0 bridgehead atoms. The number of hydrogen-bond acceptors (Lipinski definition) is 2. The Morgan fingerprint density at radius 1 is 0.958 bits per heavy atom. The maximum absolute atomic E-state index is 13.0. The zero-order valence-electron chi connectivity index (χ0n) is 14.1. The molecule has 126 valence electrons. The number of nitrogens with zero attached hydrogens (tertiary/aromatic N) is 2. The van der Waals surface area contributed by atoms with Crippen LogP contribution in [0.2, 0.25) is 0 Å². The van der Waals surface area contributed by atoms with Gasteiger partial charge in [0.25, 0.3) is 0 Å². The van der Waals surface area contributed by atoms with Gasteiger partial charge in [-0.3, -0.25) is 0 Å². The molecule has 2 aromatic rings. The van der Waals surface area contributed by atoms with Gasteiger partial charge in [-0.15, -0.1) is 0 Å². The standard InChI is InChI=1S/C19H22FN3O/c1-14-4-3-5-15(2)18(14)21-19(24)23-12-10-22(11-13-23)17-8-6-16(20)7-9-17/h3-9H,10-13H2,1-2H3,(H,21,24). The molecule has 0 unspecified atom stereocenters. The number of carbonyl (C=O) groups is 1. The Kier molecular flexibility index (Phi) is 4.69. The first-order chi connectivity index (χ1) is 11.5. The number of amides is 2. The van der Waals surface area contributed by atoms with Crippen LogP contribution in [-0.2, 0) is 0 Å². The van der Waals surface area contributed by atoms with E-state index >= 15 is 0 Å². The summed E-state index contributed by atoms with van der Waals surface area (Å²) in [6, 6.07) is 12.4. The second-order valence-corrected chi connectivity index (χ2v) is 6.15. The van der Waals surface area contributed by atoms with E-state index in [1.165, 1.54) is 12.1 Å². The Hall–Kier alpha value is -2.56. The number of nitrogens with one attached hydrogen (secondary N) is 1. The first-order valence-corrected chi connectivity index (χ1v) is 8.17. The molecule has 1 fully saturated rings. The molecule has 0 aromatic heterocycles. The summed E-state index contributed by atoms with van der Waals surface area (Å²) in [4.78, 5) is 16.5. The second-order valence-electron chi connectivity index (χ2n) is 6.15. The molecule has 0 atom stereocenters. The highest BCUT2D eigenvalue weighted by Crippen LogP contribution is 2.21. The summed E-state index contributed by atoms with van der Waals surface area (Å²) in [5.74, 6) is -0.231. The lowest BCUT2D eigenvalue weighted by Crippen LogP contribution is -2.50. The number of anilines is 2. The van der Waals surface area contributed by atoms with Crippen molar-refractivity contribution in [3.63, 3.8) is 0 Å². The maximum Gasteiger partial charge on any atom is 0.321 e. The first-order valence-electron chi connectivity index (χ1n) is 8.17. The monoisotopic (exact) mass is 327 g/mol. The van der Waals surface area contributed by atoms with Crippen LogP contribution in [0.5, 0.6) is 0 Å². The van der Waals surface area contributed by atoms with E-state index < -0.39 is 0 Å². The van der Waals surface area contributed by atoms with Crippen LogP contribution in [0.25, 0.3) is 0 Å². The summed E-state index contributed by atoms with van der Waals surface area (Å²) < 4.78 is 13.0. The van der Waals surface area contributed by atoms with Crippen LogP contribution in [0, 0.1) is 19.7 Å². The summed E-state index contributed by atoms with van der Waals surface area (Å²) in [6.45, 7) is 6.77. The number of carbonyl (C=O) groups excluding carboxylic acids is 1. The largest absolute Gasteiger partial charge is 0.368 e. The molecule has 0 aliphatic carbocycles. The van der Waals surface area contributed by atoms with E-state index in [2.05, 4.69) is 10.2 Å². The van der Waals surface area contributed by atoms with Gasteiger partial charge in [-0.05, 0) is 49.2 Å². The molecule has 1 N–H and O–H groups in total. The predicted molar refractivity (Wildman–Crippen MR) is 95.1 cm³/mol. The number of rotatable bonds is 2. The zero-order chi connectivity index (χ0) is 17.1. The molecule has 1 aliphatic heterocycles. The molecule has 24 heavy (non-hydrogen) atoms. The number of aryl methyl sites for hydroxylation is 2. The Bertz CT molecular complexity index is 702. The van der Waals surface area contributed by atoms with Crippen LogP contribution in [0.3, 0.4) is 0 Å². The normalized spacial score (nSPS) is 14.6. The fraction of sp³-hybridized carbons (Fsp3) is 0.316. The quantitative estimate of drug-likeness (QED) is 0.911. The molecule has 3 rings (SSSR count). The summed E-state index contributed by atoms with van der Waals surface area (Å²) in [6.07, 6.45) is 0. The van der Waals surface area contributed by atoms with Crippen molar-refractivity contribution in [2.45, 2.75) is 13.8 Å². The number of benzene rings is 2. The average molecular weight is 327 g/mol. The van der Waals surface area contributed by atoms with Crippen LogP contribution in [0.1, 0.15) is 11.1 Å². The second kappa shape index (κ2) is 6.91. The van der Waals surface area contributed by atoms with Gasteiger partial charge in [0, 0.05) is 37.6 Å². The average Bonchev–Trinajstić information content (AvgIpc) is 2.59. The third-order valence-corrected chi connectivity index (χ3v) is 4.47. The fourth-order valence-corrected chi connectivity index (χ4v) is 3.02. The van der Waals surface area contributed by atoms with E-state index in [9.17, 15) is 9.18 Å². The maximum atomic E-state index is 13.0. The lowest BCUT2D eigenvalue weighted by Gasteiger charge is -2.36. The van der Waals surface area contributed by atoms with Crippen LogP contribution in [-0.4, -0.2) is 37.1 Å². The topological polar surface area (TPSA) is 35.6 Å². The molecule has 2 amide bonds. The molecule has 0 spiro atoms. The van der Waals surface area contributed by atoms with Gasteiger partial charge >= 0.3 is 6.03 Å². The minimum Gasteiger partial charge on any atom is -0.368 e. The Labute approximate surface area is 141 Å². The molecule has 1 heterocycles. The fourth-order valence-electron chi connectivity index (χ4n) is 3.02. The van der Waals surface area contributed by atoms with E-state index in [1.807, 2.05) is 36.9 Å². The first kappa shape index (κ1) is 16.3. The van der Waals surface area contributed by atoms with Gasteiger partial charge in [-0.2, -0.15) is 0 Å². The van der Waals surface area contributed by atoms with Crippen molar-refractivity contribution in [3.05, 3.63) is 59.4 Å². The van der Waals surface area contributed by atoms with Crippen molar-refractivity contribution in [2.75, 3.05) is 36.4 Å². The van der Waals surface area contributed by atoms with Crippen molar-refractivity contribution in [1.29, 1.82) is 0 Å². The third kappa shape index (κ3) is 3.50. The zero-order valence-corrected chi connectivity index (χ0v) is 14.1. The smallest absolute Gasteiger partial charge is 0.321 e. The van der Waals surface area contributed by atoms with Crippen molar-refractivity contribution in [1.82, 2.24) is 4.90 Å². The molecule has 2 aromatic carbocycles. The minimum absolute atomic E-state index is 0.0637. The van der Waals surface area contributed by atoms with Gasteiger partial charge in [-0.25, -0.2) is 9.18 Å². The minimum atomic E-state index is -0.231. The summed E-state index contributed by atoms with van der Waals surface area (Å²) in [7, 11) is 0. The molecule has 1 saturated heterocycles. The number of para-hydroxylation sites is 1. The van der Waals surface area contributed by atoms with Crippen molar-refractivity contribution in [3.8, 4) is 0 Å². The Balaban J connectivity index is 1.60.